The maximum atomic E-state index is 12.8. The van der Waals surface area contributed by atoms with Gasteiger partial charge in [0.2, 0.25) is 5.88 Å². The first-order valence-corrected chi connectivity index (χ1v) is 10.2. The van der Waals surface area contributed by atoms with E-state index in [2.05, 4.69) is 9.97 Å². The standard InChI is InChI=1S/C21H18Cl3N3O3/c1-3-27(19-17(23)5-4-10-25-19)21(28)13(2)29-15-6-8-16(9-7-15)30-20-18(24)11-14(22)12-26-20/h4-13H,3H2,1-2H3. The lowest BCUT2D eigenvalue weighted by molar-refractivity contribution is -0.124. The molecule has 1 amide bonds. The summed E-state index contributed by atoms with van der Waals surface area (Å²) in [5.74, 6) is 1.40. The monoisotopic (exact) mass is 465 g/mol. The molecular formula is C21H18Cl3N3O3. The molecule has 0 saturated heterocycles. The molecule has 1 aromatic carbocycles. The van der Waals surface area contributed by atoms with E-state index in [1.54, 1.807) is 55.6 Å². The third kappa shape index (κ3) is 5.33. The molecule has 2 heterocycles. The quantitative estimate of drug-likeness (QED) is 0.424. The van der Waals surface area contributed by atoms with Gasteiger partial charge in [-0.25, -0.2) is 9.97 Å². The topological polar surface area (TPSA) is 64.6 Å². The number of likely N-dealkylation sites (N-methyl/N-ethyl adjacent to an activating group) is 1. The molecule has 156 valence electrons. The van der Waals surface area contributed by atoms with Crippen molar-refractivity contribution >= 4 is 46.5 Å². The number of hydrogen-bond donors (Lipinski definition) is 0. The summed E-state index contributed by atoms with van der Waals surface area (Å²) in [6, 6.07) is 11.7. The second kappa shape index (κ2) is 9.98. The zero-order chi connectivity index (χ0) is 21.7. The van der Waals surface area contributed by atoms with Gasteiger partial charge in [0.15, 0.2) is 11.9 Å². The predicted molar refractivity (Wildman–Crippen MR) is 118 cm³/mol. The fraction of sp³-hybridized carbons (Fsp3) is 0.190. The van der Waals surface area contributed by atoms with E-state index >= 15 is 0 Å². The Kier molecular flexibility index (Phi) is 7.37. The van der Waals surface area contributed by atoms with Crippen molar-refractivity contribution in [3.63, 3.8) is 0 Å². The number of carbonyl (C=O) groups is 1. The molecule has 0 spiro atoms. The van der Waals surface area contributed by atoms with Crippen LogP contribution >= 0.6 is 34.8 Å². The average Bonchev–Trinajstić information content (AvgIpc) is 2.73. The van der Waals surface area contributed by atoms with Gasteiger partial charge in [-0.05, 0) is 56.3 Å². The summed E-state index contributed by atoms with van der Waals surface area (Å²) >= 11 is 18.1. The molecule has 0 bridgehead atoms. The van der Waals surface area contributed by atoms with Gasteiger partial charge in [0.1, 0.15) is 16.5 Å². The number of benzene rings is 1. The number of ether oxygens (including phenoxy) is 2. The number of hydrogen-bond acceptors (Lipinski definition) is 5. The number of amides is 1. The Morgan fingerprint density at radius 3 is 2.40 bits per heavy atom. The van der Waals surface area contributed by atoms with Crippen LogP contribution in [0.3, 0.4) is 0 Å². The van der Waals surface area contributed by atoms with Gasteiger partial charge in [0, 0.05) is 18.9 Å². The van der Waals surface area contributed by atoms with Gasteiger partial charge in [0.05, 0.1) is 10.0 Å². The van der Waals surface area contributed by atoms with Crippen LogP contribution in [0.5, 0.6) is 17.4 Å². The van der Waals surface area contributed by atoms with Crippen LogP contribution in [0, 0.1) is 0 Å². The molecule has 0 saturated carbocycles. The Bertz CT molecular complexity index is 1030. The summed E-state index contributed by atoms with van der Waals surface area (Å²) in [7, 11) is 0. The van der Waals surface area contributed by atoms with Crippen molar-refractivity contribution in [2.45, 2.75) is 20.0 Å². The lowest BCUT2D eigenvalue weighted by Crippen LogP contribution is -2.41. The number of anilines is 1. The number of nitrogens with zero attached hydrogens (tertiary/aromatic N) is 3. The third-order valence-electron chi connectivity index (χ3n) is 4.05. The molecule has 6 nitrogen and oxygen atoms in total. The van der Waals surface area contributed by atoms with E-state index in [1.165, 1.54) is 11.1 Å². The zero-order valence-corrected chi connectivity index (χ0v) is 18.4. The predicted octanol–water partition coefficient (Wildman–Crippen LogP) is 6.05. The number of rotatable bonds is 7. The van der Waals surface area contributed by atoms with Crippen LogP contribution in [0.15, 0.2) is 54.9 Å². The molecule has 2 aromatic heterocycles. The Morgan fingerprint density at radius 2 is 1.77 bits per heavy atom. The van der Waals surface area contributed by atoms with E-state index in [9.17, 15) is 4.79 Å². The van der Waals surface area contributed by atoms with Crippen molar-refractivity contribution in [3.8, 4) is 17.4 Å². The van der Waals surface area contributed by atoms with Crippen molar-refractivity contribution in [2.75, 3.05) is 11.4 Å². The van der Waals surface area contributed by atoms with Crippen LogP contribution in [0.2, 0.25) is 15.1 Å². The molecule has 1 atom stereocenters. The summed E-state index contributed by atoms with van der Waals surface area (Å²) in [4.78, 5) is 22.6. The molecule has 3 aromatic rings. The smallest absolute Gasteiger partial charge is 0.268 e. The summed E-state index contributed by atoms with van der Waals surface area (Å²) in [5, 5.41) is 1.12. The molecule has 0 aliphatic carbocycles. The SMILES string of the molecule is CCN(C(=O)C(C)Oc1ccc(Oc2ncc(Cl)cc2Cl)cc1)c1ncccc1Cl. The van der Waals surface area contributed by atoms with Crippen molar-refractivity contribution in [3.05, 3.63) is 69.9 Å². The number of aromatic nitrogens is 2. The van der Waals surface area contributed by atoms with Crippen LogP contribution in [0.25, 0.3) is 0 Å². The first-order chi connectivity index (χ1) is 14.4. The van der Waals surface area contributed by atoms with Gasteiger partial charge < -0.3 is 9.47 Å². The van der Waals surface area contributed by atoms with Crippen LogP contribution in [0.4, 0.5) is 5.82 Å². The second-order valence-corrected chi connectivity index (χ2v) is 7.42. The maximum Gasteiger partial charge on any atom is 0.268 e. The van der Waals surface area contributed by atoms with E-state index in [0.29, 0.717) is 38.9 Å². The van der Waals surface area contributed by atoms with E-state index in [-0.39, 0.29) is 11.8 Å². The Hall–Kier alpha value is -2.54. The summed E-state index contributed by atoms with van der Waals surface area (Å²) in [5.41, 5.74) is 0. The average molecular weight is 467 g/mol. The highest BCUT2D eigenvalue weighted by molar-refractivity contribution is 6.35. The summed E-state index contributed by atoms with van der Waals surface area (Å²) in [6.07, 6.45) is 2.28. The fourth-order valence-corrected chi connectivity index (χ4v) is 3.28. The molecule has 9 heteroatoms. The second-order valence-electron chi connectivity index (χ2n) is 6.17. The highest BCUT2D eigenvalue weighted by Crippen LogP contribution is 2.30. The minimum Gasteiger partial charge on any atom is -0.481 e. The van der Waals surface area contributed by atoms with E-state index in [0.717, 1.165) is 0 Å². The van der Waals surface area contributed by atoms with Crippen LogP contribution in [0.1, 0.15) is 13.8 Å². The van der Waals surface area contributed by atoms with Gasteiger partial charge in [-0.1, -0.05) is 34.8 Å². The normalized spacial score (nSPS) is 11.6. The molecule has 3 rings (SSSR count). The Labute approximate surface area is 189 Å². The minimum atomic E-state index is -0.748. The lowest BCUT2D eigenvalue weighted by atomic mass is 10.3. The molecule has 30 heavy (non-hydrogen) atoms. The highest BCUT2D eigenvalue weighted by atomic mass is 35.5. The van der Waals surface area contributed by atoms with Crippen molar-refractivity contribution in [2.24, 2.45) is 0 Å². The molecule has 0 radical (unpaired) electrons. The Balaban J connectivity index is 1.67. The molecule has 0 N–H and O–H groups in total. The van der Waals surface area contributed by atoms with Crippen molar-refractivity contribution in [1.82, 2.24) is 9.97 Å². The van der Waals surface area contributed by atoms with Gasteiger partial charge in [-0.2, -0.15) is 0 Å². The third-order valence-corrected chi connectivity index (χ3v) is 4.82. The van der Waals surface area contributed by atoms with E-state index in [4.69, 9.17) is 44.3 Å². The Morgan fingerprint density at radius 1 is 1.07 bits per heavy atom. The lowest BCUT2D eigenvalue weighted by Gasteiger charge is -2.24. The molecule has 0 aliphatic heterocycles. The number of carbonyl (C=O) groups excluding carboxylic acids is 1. The molecular weight excluding hydrogens is 449 g/mol. The first kappa shape index (κ1) is 22.2. The van der Waals surface area contributed by atoms with Crippen molar-refractivity contribution < 1.29 is 14.3 Å². The highest BCUT2D eigenvalue weighted by Gasteiger charge is 2.24. The molecule has 0 aliphatic rings. The van der Waals surface area contributed by atoms with Crippen LogP contribution in [-0.4, -0.2) is 28.5 Å². The number of halogens is 3. The van der Waals surface area contributed by atoms with Gasteiger partial charge in [-0.3, -0.25) is 9.69 Å². The van der Waals surface area contributed by atoms with E-state index in [1.807, 2.05) is 6.92 Å². The van der Waals surface area contributed by atoms with Gasteiger partial charge in [-0.15, -0.1) is 0 Å². The van der Waals surface area contributed by atoms with Gasteiger partial charge >= 0.3 is 0 Å². The molecule has 1 unspecified atom stereocenters. The van der Waals surface area contributed by atoms with Crippen LogP contribution in [-0.2, 0) is 4.79 Å². The van der Waals surface area contributed by atoms with Crippen molar-refractivity contribution in [1.29, 1.82) is 0 Å². The maximum absolute atomic E-state index is 12.8. The summed E-state index contributed by atoms with van der Waals surface area (Å²) in [6.45, 7) is 3.92. The largest absolute Gasteiger partial charge is 0.481 e. The number of pyridine rings is 2. The zero-order valence-electron chi connectivity index (χ0n) is 16.2. The fourth-order valence-electron chi connectivity index (χ4n) is 2.63. The molecule has 0 fully saturated rings. The van der Waals surface area contributed by atoms with Gasteiger partial charge in [0.25, 0.3) is 5.91 Å². The first-order valence-electron chi connectivity index (χ1n) is 9.06. The summed E-state index contributed by atoms with van der Waals surface area (Å²) < 4.78 is 11.4. The van der Waals surface area contributed by atoms with Crippen LogP contribution < -0.4 is 14.4 Å². The van der Waals surface area contributed by atoms with E-state index < -0.39 is 6.10 Å². The minimum absolute atomic E-state index is 0.240.